The third-order valence-corrected chi connectivity index (χ3v) is 1.95. The van der Waals surface area contributed by atoms with Crippen LogP contribution in [-0.2, 0) is 4.74 Å². The van der Waals surface area contributed by atoms with E-state index < -0.39 is 12.0 Å². The summed E-state index contributed by atoms with van der Waals surface area (Å²) in [5.41, 5.74) is 4.53. The molecule has 0 aromatic carbocycles. The quantitative estimate of drug-likeness (QED) is 0.535. The lowest BCUT2D eigenvalue weighted by Crippen LogP contribution is -2.42. The highest BCUT2D eigenvalue weighted by Crippen LogP contribution is 1.98. The van der Waals surface area contributed by atoms with E-state index in [0.29, 0.717) is 4.64 Å². The summed E-state index contributed by atoms with van der Waals surface area (Å²) in [5.74, 6) is -0.505. The third kappa shape index (κ3) is 3.35. The van der Waals surface area contributed by atoms with Crippen molar-refractivity contribution < 1.29 is 14.3 Å². The van der Waals surface area contributed by atoms with Crippen LogP contribution < -0.4 is 10.9 Å². The fraction of sp³-hybridized carbons (Fsp3) is 0.222. The van der Waals surface area contributed by atoms with Gasteiger partial charge < -0.3 is 9.72 Å². The first-order valence-electron chi connectivity index (χ1n) is 4.56. The van der Waals surface area contributed by atoms with Crippen molar-refractivity contribution in [1.29, 1.82) is 0 Å². The summed E-state index contributed by atoms with van der Waals surface area (Å²) in [5, 5.41) is 0. The van der Waals surface area contributed by atoms with E-state index in [1.165, 1.54) is 0 Å². The minimum atomic E-state index is -0.721. The van der Waals surface area contributed by atoms with Gasteiger partial charge in [0.25, 0.3) is 5.91 Å². The van der Waals surface area contributed by atoms with Crippen LogP contribution in [0.3, 0.4) is 0 Å². The molecule has 86 valence electrons. The third-order valence-electron chi connectivity index (χ3n) is 1.62. The average Bonchev–Trinajstić information content (AvgIpc) is 2.27. The summed E-state index contributed by atoms with van der Waals surface area (Å²) in [7, 11) is 0. The van der Waals surface area contributed by atoms with Crippen LogP contribution in [0.5, 0.6) is 0 Å². The topological polar surface area (TPSA) is 83.2 Å². The van der Waals surface area contributed by atoms with Crippen molar-refractivity contribution in [2.45, 2.75) is 6.92 Å². The molecule has 0 bridgehead atoms. The Morgan fingerprint density at radius 2 is 2.25 bits per heavy atom. The maximum absolute atomic E-state index is 11.5. The zero-order valence-corrected chi connectivity index (χ0v) is 9.39. The van der Waals surface area contributed by atoms with E-state index in [4.69, 9.17) is 12.2 Å². The number of ether oxygens (including phenoxy) is 1. The molecule has 0 atom stereocenters. The van der Waals surface area contributed by atoms with Crippen molar-refractivity contribution >= 4 is 24.2 Å². The first kappa shape index (κ1) is 12.2. The summed E-state index contributed by atoms with van der Waals surface area (Å²) in [6, 6.07) is 3.18. The number of aromatic amines is 1. The standard InChI is InChI=1S/C9H11N3O3S/c1-2-15-9(14)12-11-7(13)6-4-3-5-10-8(6)16/h3-5H,2H2,1H3,(H,10,16)(H,11,13)(H,12,14). The van der Waals surface area contributed by atoms with Crippen LogP contribution in [0.2, 0.25) is 0 Å². The fourth-order valence-electron chi connectivity index (χ4n) is 0.943. The smallest absolute Gasteiger partial charge is 0.426 e. The number of pyridine rings is 1. The van der Waals surface area contributed by atoms with Crippen molar-refractivity contribution in [3.63, 3.8) is 0 Å². The molecule has 1 rings (SSSR count). The second kappa shape index (κ2) is 5.86. The monoisotopic (exact) mass is 241 g/mol. The number of nitrogens with one attached hydrogen (secondary N) is 3. The predicted octanol–water partition coefficient (Wildman–Crippen LogP) is 1.14. The lowest BCUT2D eigenvalue weighted by atomic mass is 10.3. The number of amides is 2. The van der Waals surface area contributed by atoms with Crippen molar-refractivity contribution in [2.24, 2.45) is 0 Å². The number of hydrazine groups is 1. The van der Waals surface area contributed by atoms with Gasteiger partial charge in [0.05, 0.1) is 12.2 Å². The highest BCUT2D eigenvalue weighted by Gasteiger charge is 2.08. The molecule has 0 saturated heterocycles. The summed E-state index contributed by atoms with van der Waals surface area (Å²) >= 11 is 4.90. The maximum Gasteiger partial charge on any atom is 0.426 e. The van der Waals surface area contributed by atoms with E-state index in [-0.39, 0.29) is 12.2 Å². The molecule has 1 heterocycles. The van der Waals surface area contributed by atoms with E-state index in [1.807, 2.05) is 0 Å². The maximum atomic E-state index is 11.5. The zero-order chi connectivity index (χ0) is 12.0. The van der Waals surface area contributed by atoms with Crippen molar-refractivity contribution in [2.75, 3.05) is 6.61 Å². The molecular formula is C9H11N3O3S. The number of hydrogen-bond acceptors (Lipinski definition) is 4. The van der Waals surface area contributed by atoms with Crippen molar-refractivity contribution in [3.8, 4) is 0 Å². The first-order valence-corrected chi connectivity index (χ1v) is 4.96. The number of aromatic nitrogens is 1. The fourth-order valence-corrected chi connectivity index (χ4v) is 1.17. The van der Waals surface area contributed by atoms with E-state index in [2.05, 4.69) is 20.6 Å². The molecule has 0 radical (unpaired) electrons. The number of H-pyrrole nitrogens is 1. The van der Waals surface area contributed by atoms with Gasteiger partial charge in [0.15, 0.2) is 0 Å². The van der Waals surface area contributed by atoms with Gasteiger partial charge in [-0.15, -0.1) is 0 Å². The number of carbonyl (C=O) groups is 2. The van der Waals surface area contributed by atoms with Gasteiger partial charge in [0.1, 0.15) is 4.64 Å². The largest absolute Gasteiger partial charge is 0.449 e. The van der Waals surface area contributed by atoms with Gasteiger partial charge in [-0.25, -0.2) is 10.2 Å². The Balaban J connectivity index is 2.57. The average molecular weight is 241 g/mol. The van der Waals surface area contributed by atoms with Crippen molar-refractivity contribution in [1.82, 2.24) is 15.8 Å². The molecule has 0 aliphatic heterocycles. The highest BCUT2D eigenvalue weighted by molar-refractivity contribution is 7.71. The molecule has 16 heavy (non-hydrogen) atoms. The Hall–Kier alpha value is -1.89. The predicted molar refractivity (Wildman–Crippen MR) is 59.3 cm³/mol. The lowest BCUT2D eigenvalue weighted by molar-refractivity contribution is 0.0912. The first-order chi connectivity index (χ1) is 7.65. The number of hydrogen-bond donors (Lipinski definition) is 3. The van der Waals surface area contributed by atoms with Gasteiger partial charge in [-0.05, 0) is 19.1 Å². The van der Waals surface area contributed by atoms with Crippen LogP contribution in [-0.4, -0.2) is 23.6 Å². The minimum absolute atomic E-state index is 0.229. The molecule has 6 nitrogen and oxygen atoms in total. The summed E-state index contributed by atoms with van der Waals surface area (Å²) in [4.78, 5) is 25.1. The van der Waals surface area contributed by atoms with Crippen LogP contribution >= 0.6 is 12.2 Å². The second-order valence-electron chi connectivity index (χ2n) is 2.71. The van der Waals surface area contributed by atoms with Crippen LogP contribution in [0.4, 0.5) is 4.79 Å². The second-order valence-corrected chi connectivity index (χ2v) is 3.12. The van der Waals surface area contributed by atoms with Gasteiger partial charge in [0, 0.05) is 6.20 Å². The normalized spacial score (nSPS) is 9.31. The van der Waals surface area contributed by atoms with Crippen LogP contribution in [0.15, 0.2) is 18.3 Å². The Kier molecular flexibility index (Phi) is 4.46. The SMILES string of the molecule is CCOC(=O)NNC(=O)c1ccc[nH]c1=S. The van der Waals surface area contributed by atoms with Gasteiger partial charge in [-0.1, -0.05) is 12.2 Å². The van der Waals surface area contributed by atoms with Gasteiger partial charge in [-0.2, -0.15) is 0 Å². The Morgan fingerprint density at radius 3 is 2.88 bits per heavy atom. The summed E-state index contributed by atoms with van der Waals surface area (Å²) in [6.07, 6.45) is 0.888. The zero-order valence-electron chi connectivity index (χ0n) is 8.57. The molecule has 0 fully saturated rings. The van der Waals surface area contributed by atoms with E-state index in [1.54, 1.807) is 25.3 Å². The molecule has 0 saturated carbocycles. The molecule has 0 aliphatic rings. The van der Waals surface area contributed by atoms with Gasteiger partial charge >= 0.3 is 6.09 Å². The summed E-state index contributed by atoms with van der Waals surface area (Å²) < 4.78 is 4.86. The molecule has 0 unspecified atom stereocenters. The molecule has 7 heteroatoms. The van der Waals surface area contributed by atoms with E-state index >= 15 is 0 Å². The van der Waals surface area contributed by atoms with Gasteiger partial charge in [0.2, 0.25) is 0 Å². The van der Waals surface area contributed by atoms with Crippen molar-refractivity contribution in [3.05, 3.63) is 28.5 Å². The highest BCUT2D eigenvalue weighted by atomic mass is 32.1. The lowest BCUT2D eigenvalue weighted by Gasteiger charge is -2.06. The summed E-state index contributed by atoms with van der Waals surface area (Å²) in [6.45, 7) is 1.89. The Labute approximate surface area is 97.0 Å². The molecule has 1 aromatic heterocycles. The number of rotatable bonds is 2. The molecule has 0 aliphatic carbocycles. The molecule has 2 amide bonds. The Bertz CT molecular complexity index is 444. The van der Waals surface area contributed by atoms with E-state index in [9.17, 15) is 9.59 Å². The van der Waals surface area contributed by atoms with E-state index in [0.717, 1.165) is 0 Å². The Morgan fingerprint density at radius 1 is 1.50 bits per heavy atom. The minimum Gasteiger partial charge on any atom is -0.449 e. The molecule has 0 spiro atoms. The van der Waals surface area contributed by atoms with Gasteiger partial charge in [-0.3, -0.25) is 10.2 Å². The molecular weight excluding hydrogens is 230 g/mol. The molecule has 1 aromatic rings. The van der Waals surface area contributed by atoms with Crippen LogP contribution in [0.25, 0.3) is 0 Å². The number of carbonyl (C=O) groups excluding carboxylic acids is 2. The van der Waals surface area contributed by atoms with Crippen LogP contribution in [0.1, 0.15) is 17.3 Å². The van der Waals surface area contributed by atoms with Crippen LogP contribution in [0, 0.1) is 4.64 Å². The molecule has 3 N–H and O–H groups in total.